The van der Waals surface area contributed by atoms with Gasteiger partial charge in [0, 0.05) is 13.1 Å². The molecule has 1 fully saturated rings. The number of nitrogens with zero attached hydrogens (tertiary/aromatic N) is 2. The van der Waals surface area contributed by atoms with E-state index in [4.69, 9.17) is 0 Å². The van der Waals surface area contributed by atoms with Crippen LogP contribution in [0.1, 0.15) is 32.6 Å². The molecule has 110 valence electrons. The Hall–Kier alpha value is -1.23. The summed E-state index contributed by atoms with van der Waals surface area (Å²) < 4.78 is 0. The summed E-state index contributed by atoms with van der Waals surface area (Å²) in [6.07, 6.45) is 6.59. The molecule has 0 bridgehead atoms. The van der Waals surface area contributed by atoms with E-state index in [1.165, 1.54) is 25.7 Å². The number of hydrogen-bond acceptors (Lipinski definition) is 4. The highest BCUT2D eigenvalue weighted by Crippen LogP contribution is 2.19. The van der Waals surface area contributed by atoms with Crippen molar-refractivity contribution >= 4 is 29.2 Å². The summed E-state index contributed by atoms with van der Waals surface area (Å²) in [5.41, 5.74) is 0.786. The standard InChI is InChI=1S/C15H23N3OS/c1-2-3-10-20-12-15(19)17-13-6-7-14(16-11-13)18-8-4-5-9-18/h6-7,11H,2-5,8-10,12H2,1H3,(H,17,19). The molecular weight excluding hydrogens is 270 g/mol. The second kappa shape index (κ2) is 8.15. The van der Waals surface area contributed by atoms with Crippen LogP contribution in [0, 0.1) is 0 Å². The van der Waals surface area contributed by atoms with Gasteiger partial charge in [-0.05, 0) is 37.1 Å². The zero-order valence-corrected chi connectivity index (χ0v) is 12.9. The van der Waals surface area contributed by atoms with Crippen LogP contribution in [0.3, 0.4) is 0 Å². The van der Waals surface area contributed by atoms with E-state index in [1.54, 1.807) is 18.0 Å². The molecule has 1 aromatic heterocycles. The normalized spacial score (nSPS) is 14.6. The third kappa shape index (κ3) is 4.71. The fraction of sp³-hybridized carbons (Fsp3) is 0.600. The number of nitrogens with one attached hydrogen (secondary N) is 1. The van der Waals surface area contributed by atoms with Crippen molar-refractivity contribution in [3.05, 3.63) is 18.3 Å². The number of hydrogen-bond donors (Lipinski definition) is 1. The second-order valence-corrected chi connectivity index (χ2v) is 6.16. The minimum atomic E-state index is 0.0572. The number of amides is 1. The van der Waals surface area contributed by atoms with Gasteiger partial charge >= 0.3 is 0 Å². The SMILES string of the molecule is CCCCSCC(=O)Nc1ccc(N2CCCC2)nc1. The van der Waals surface area contributed by atoms with E-state index >= 15 is 0 Å². The first-order valence-electron chi connectivity index (χ1n) is 7.38. The molecule has 0 aromatic carbocycles. The average Bonchev–Trinajstić information content (AvgIpc) is 2.99. The molecular formula is C15H23N3OS. The highest BCUT2D eigenvalue weighted by atomic mass is 32.2. The first-order chi connectivity index (χ1) is 9.79. The van der Waals surface area contributed by atoms with E-state index < -0.39 is 0 Å². The third-order valence-electron chi connectivity index (χ3n) is 3.34. The number of anilines is 2. The predicted molar refractivity (Wildman–Crippen MR) is 86.5 cm³/mol. The summed E-state index contributed by atoms with van der Waals surface area (Å²) in [7, 11) is 0. The summed E-state index contributed by atoms with van der Waals surface area (Å²) >= 11 is 1.69. The Bertz CT molecular complexity index is 416. The van der Waals surface area contributed by atoms with Crippen LogP contribution in [0.5, 0.6) is 0 Å². The fourth-order valence-corrected chi connectivity index (χ4v) is 3.10. The number of unbranched alkanes of at least 4 members (excludes halogenated alkanes) is 1. The Morgan fingerprint density at radius 3 is 2.85 bits per heavy atom. The molecule has 0 unspecified atom stereocenters. The molecule has 2 rings (SSSR count). The number of carbonyl (C=O) groups excluding carboxylic acids is 1. The van der Waals surface area contributed by atoms with Crippen LogP contribution in [0.4, 0.5) is 11.5 Å². The van der Waals surface area contributed by atoms with E-state index in [2.05, 4.69) is 22.1 Å². The van der Waals surface area contributed by atoms with Crippen molar-refractivity contribution in [3.63, 3.8) is 0 Å². The number of pyridine rings is 1. The van der Waals surface area contributed by atoms with Crippen molar-refractivity contribution in [3.8, 4) is 0 Å². The van der Waals surface area contributed by atoms with Gasteiger partial charge in [0.15, 0.2) is 0 Å². The molecule has 1 amide bonds. The van der Waals surface area contributed by atoms with Crippen molar-refractivity contribution < 1.29 is 4.79 Å². The van der Waals surface area contributed by atoms with Crippen molar-refractivity contribution in [1.82, 2.24) is 4.98 Å². The van der Waals surface area contributed by atoms with Gasteiger partial charge in [0.1, 0.15) is 5.82 Å². The topological polar surface area (TPSA) is 45.2 Å². The lowest BCUT2D eigenvalue weighted by atomic mass is 10.4. The number of rotatable bonds is 7. The van der Waals surface area contributed by atoms with Gasteiger partial charge in [0.05, 0.1) is 17.6 Å². The fourth-order valence-electron chi connectivity index (χ4n) is 2.20. The van der Waals surface area contributed by atoms with Crippen molar-refractivity contribution in [2.45, 2.75) is 32.6 Å². The van der Waals surface area contributed by atoms with Gasteiger partial charge in [-0.2, -0.15) is 11.8 Å². The molecule has 0 atom stereocenters. The zero-order chi connectivity index (χ0) is 14.2. The second-order valence-electron chi connectivity index (χ2n) is 5.05. The summed E-state index contributed by atoms with van der Waals surface area (Å²) in [5, 5.41) is 2.90. The van der Waals surface area contributed by atoms with Gasteiger partial charge in [0.25, 0.3) is 0 Å². The predicted octanol–water partition coefficient (Wildman–Crippen LogP) is 3.15. The molecule has 2 heterocycles. The molecule has 4 nitrogen and oxygen atoms in total. The van der Waals surface area contributed by atoms with Crippen molar-refractivity contribution in [1.29, 1.82) is 0 Å². The van der Waals surface area contributed by atoms with E-state index in [0.717, 1.165) is 30.3 Å². The van der Waals surface area contributed by atoms with Crippen LogP contribution >= 0.6 is 11.8 Å². The largest absolute Gasteiger partial charge is 0.357 e. The maximum Gasteiger partial charge on any atom is 0.234 e. The third-order valence-corrected chi connectivity index (χ3v) is 4.38. The number of carbonyl (C=O) groups is 1. The molecule has 0 saturated carbocycles. The lowest BCUT2D eigenvalue weighted by Crippen LogP contribution is -2.19. The molecule has 20 heavy (non-hydrogen) atoms. The van der Waals surface area contributed by atoms with E-state index in [1.807, 2.05) is 12.1 Å². The lowest BCUT2D eigenvalue weighted by molar-refractivity contribution is -0.113. The highest BCUT2D eigenvalue weighted by Gasteiger charge is 2.13. The molecule has 1 aliphatic rings. The summed E-state index contributed by atoms with van der Waals surface area (Å²) in [6, 6.07) is 3.93. The number of aromatic nitrogens is 1. The minimum absolute atomic E-state index is 0.0572. The molecule has 1 saturated heterocycles. The van der Waals surface area contributed by atoms with Crippen molar-refractivity contribution in [2.75, 3.05) is 34.8 Å². The highest BCUT2D eigenvalue weighted by molar-refractivity contribution is 7.99. The van der Waals surface area contributed by atoms with Crippen LogP contribution < -0.4 is 10.2 Å². The summed E-state index contributed by atoms with van der Waals surface area (Å²) in [6.45, 7) is 4.34. The Labute approximate surface area is 125 Å². The van der Waals surface area contributed by atoms with Gasteiger partial charge in [-0.25, -0.2) is 4.98 Å². The lowest BCUT2D eigenvalue weighted by Gasteiger charge is -2.16. The van der Waals surface area contributed by atoms with Crippen LogP contribution in [0.25, 0.3) is 0 Å². The number of thioether (sulfide) groups is 1. The van der Waals surface area contributed by atoms with Crippen LogP contribution in [-0.4, -0.2) is 35.5 Å². The smallest absolute Gasteiger partial charge is 0.234 e. The van der Waals surface area contributed by atoms with Gasteiger partial charge in [0.2, 0.25) is 5.91 Å². The minimum Gasteiger partial charge on any atom is -0.357 e. The molecule has 1 aromatic rings. The molecule has 0 aliphatic carbocycles. The molecule has 5 heteroatoms. The van der Waals surface area contributed by atoms with E-state index in [-0.39, 0.29) is 5.91 Å². The Kier molecular flexibility index (Phi) is 6.18. The Morgan fingerprint density at radius 2 is 2.20 bits per heavy atom. The van der Waals surface area contributed by atoms with E-state index in [0.29, 0.717) is 5.75 Å². The van der Waals surface area contributed by atoms with Crippen LogP contribution in [-0.2, 0) is 4.79 Å². The van der Waals surface area contributed by atoms with E-state index in [9.17, 15) is 4.79 Å². The first kappa shape index (κ1) is 15.2. The Morgan fingerprint density at radius 1 is 1.40 bits per heavy atom. The van der Waals surface area contributed by atoms with Crippen LogP contribution in [0.15, 0.2) is 18.3 Å². The molecule has 0 spiro atoms. The van der Waals surface area contributed by atoms with Gasteiger partial charge in [-0.1, -0.05) is 13.3 Å². The van der Waals surface area contributed by atoms with Gasteiger partial charge in [-0.3, -0.25) is 4.79 Å². The zero-order valence-electron chi connectivity index (χ0n) is 12.1. The molecule has 1 aliphatic heterocycles. The molecule has 1 N–H and O–H groups in total. The summed E-state index contributed by atoms with van der Waals surface area (Å²) in [4.78, 5) is 18.5. The van der Waals surface area contributed by atoms with Crippen LogP contribution in [0.2, 0.25) is 0 Å². The average molecular weight is 293 g/mol. The maximum absolute atomic E-state index is 11.7. The van der Waals surface area contributed by atoms with Gasteiger partial charge in [-0.15, -0.1) is 0 Å². The molecule has 0 radical (unpaired) electrons. The van der Waals surface area contributed by atoms with Gasteiger partial charge < -0.3 is 10.2 Å². The van der Waals surface area contributed by atoms with Crippen molar-refractivity contribution in [2.24, 2.45) is 0 Å². The first-order valence-corrected chi connectivity index (χ1v) is 8.53. The quantitative estimate of drug-likeness (QED) is 0.784. The Balaban J connectivity index is 1.76. The summed E-state index contributed by atoms with van der Waals surface area (Å²) in [5.74, 6) is 2.64. The monoisotopic (exact) mass is 293 g/mol. The maximum atomic E-state index is 11.7.